The zero-order valence-corrected chi connectivity index (χ0v) is 10.8. The third-order valence-corrected chi connectivity index (χ3v) is 3.62. The second-order valence-electron chi connectivity index (χ2n) is 3.74. The number of rotatable bonds is 8. The van der Waals surface area contributed by atoms with Gasteiger partial charge in [-0.2, -0.15) is 0 Å². The van der Waals surface area contributed by atoms with Gasteiger partial charge in [-0.05, 0) is 25.0 Å². The number of ether oxygens (including phenoxy) is 1. The summed E-state index contributed by atoms with van der Waals surface area (Å²) in [5.41, 5.74) is 2.75. The molecule has 0 radical (unpaired) electrons. The van der Waals surface area contributed by atoms with E-state index in [0.29, 0.717) is 4.90 Å². The number of hydrazine groups is 1. The molecule has 0 fully saturated rings. The van der Waals surface area contributed by atoms with Gasteiger partial charge in [0.25, 0.3) is 0 Å². The highest BCUT2D eigenvalue weighted by Crippen LogP contribution is 2.22. The predicted molar refractivity (Wildman–Crippen MR) is 69.3 cm³/mol. The summed E-state index contributed by atoms with van der Waals surface area (Å²) < 4.78 is 18.3. The van der Waals surface area contributed by atoms with Crippen molar-refractivity contribution in [3.8, 4) is 0 Å². The highest BCUT2D eigenvalue weighted by Gasteiger charge is 2.08. The maximum atomic E-state index is 13.4. The van der Waals surface area contributed by atoms with Crippen LogP contribution >= 0.6 is 11.8 Å². The third-order valence-electron chi connectivity index (χ3n) is 2.41. The van der Waals surface area contributed by atoms with Gasteiger partial charge in [-0.25, -0.2) is 4.39 Å². The molecule has 1 aromatic carbocycles. The van der Waals surface area contributed by atoms with Crippen molar-refractivity contribution in [3.63, 3.8) is 0 Å². The molecule has 1 aromatic rings. The Balaban J connectivity index is 2.34. The van der Waals surface area contributed by atoms with E-state index in [0.717, 1.165) is 25.2 Å². The summed E-state index contributed by atoms with van der Waals surface area (Å²) in [5.74, 6) is 6.03. The van der Waals surface area contributed by atoms with Crippen LogP contribution in [0.1, 0.15) is 12.8 Å². The number of nitrogens with two attached hydrogens (primary N) is 1. The molecule has 1 atom stereocenters. The molecule has 0 heterocycles. The van der Waals surface area contributed by atoms with Crippen LogP contribution in [0.2, 0.25) is 0 Å². The van der Waals surface area contributed by atoms with Crippen molar-refractivity contribution in [1.82, 2.24) is 5.43 Å². The van der Waals surface area contributed by atoms with E-state index in [1.165, 1.54) is 17.8 Å². The molecule has 0 bridgehead atoms. The summed E-state index contributed by atoms with van der Waals surface area (Å²) in [6.07, 6.45) is 1.87. The molecule has 0 amide bonds. The smallest absolute Gasteiger partial charge is 0.136 e. The molecule has 0 aromatic heterocycles. The van der Waals surface area contributed by atoms with Gasteiger partial charge in [-0.3, -0.25) is 11.3 Å². The Labute approximate surface area is 106 Å². The van der Waals surface area contributed by atoms with Gasteiger partial charge in [-0.15, -0.1) is 11.8 Å². The van der Waals surface area contributed by atoms with Gasteiger partial charge in [0, 0.05) is 30.4 Å². The number of thioether (sulfide) groups is 1. The Morgan fingerprint density at radius 1 is 1.47 bits per heavy atom. The van der Waals surface area contributed by atoms with E-state index < -0.39 is 0 Å². The first-order chi connectivity index (χ1) is 8.27. The van der Waals surface area contributed by atoms with Gasteiger partial charge < -0.3 is 4.74 Å². The molecule has 0 spiro atoms. The molecule has 1 rings (SSSR count). The van der Waals surface area contributed by atoms with Crippen molar-refractivity contribution in [2.75, 3.05) is 19.5 Å². The first kappa shape index (κ1) is 14.4. The Hall–Kier alpha value is -0.620. The van der Waals surface area contributed by atoms with E-state index in [-0.39, 0.29) is 11.9 Å². The summed E-state index contributed by atoms with van der Waals surface area (Å²) in [7, 11) is 1.68. The average molecular weight is 258 g/mol. The average Bonchev–Trinajstić information content (AvgIpc) is 2.35. The number of methoxy groups -OCH3 is 1. The van der Waals surface area contributed by atoms with Crippen LogP contribution in [0.15, 0.2) is 29.2 Å². The van der Waals surface area contributed by atoms with E-state index in [4.69, 9.17) is 10.6 Å². The van der Waals surface area contributed by atoms with Crippen molar-refractivity contribution in [2.24, 2.45) is 5.84 Å². The summed E-state index contributed by atoms with van der Waals surface area (Å²) in [6, 6.07) is 6.95. The Kier molecular flexibility index (Phi) is 7.19. The first-order valence-electron chi connectivity index (χ1n) is 5.60. The molecule has 0 aliphatic heterocycles. The third kappa shape index (κ3) is 5.50. The van der Waals surface area contributed by atoms with Crippen LogP contribution in [0, 0.1) is 5.82 Å². The molecular formula is C12H19FN2OS. The summed E-state index contributed by atoms with van der Waals surface area (Å²) in [5, 5.41) is 0. The molecule has 17 heavy (non-hydrogen) atoms. The van der Waals surface area contributed by atoms with Gasteiger partial charge in [0.05, 0.1) is 0 Å². The summed E-state index contributed by atoms with van der Waals surface area (Å²) >= 11 is 1.48. The minimum absolute atomic E-state index is 0.176. The summed E-state index contributed by atoms with van der Waals surface area (Å²) in [4.78, 5) is 0.666. The highest BCUT2D eigenvalue weighted by atomic mass is 32.2. The van der Waals surface area contributed by atoms with Gasteiger partial charge >= 0.3 is 0 Å². The van der Waals surface area contributed by atoms with Crippen molar-refractivity contribution in [3.05, 3.63) is 30.1 Å². The van der Waals surface area contributed by atoms with E-state index in [2.05, 4.69) is 5.43 Å². The van der Waals surface area contributed by atoms with Crippen LogP contribution in [0.5, 0.6) is 0 Å². The normalized spacial score (nSPS) is 12.6. The van der Waals surface area contributed by atoms with Crippen LogP contribution < -0.4 is 11.3 Å². The second kappa shape index (κ2) is 8.47. The maximum absolute atomic E-state index is 13.4. The number of benzene rings is 1. The number of hydrogen-bond acceptors (Lipinski definition) is 4. The molecular weight excluding hydrogens is 239 g/mol. The lowest BCUT2D eigenvalue weighted by Gasteiger charge is -2.15. The van der Waals surface area contributed by atoms with Crippen molar-refractivity contribution < 1.29 is 9.13 Å². The number of nitrogens with one attached hydrogen (secondary N) is 1. The fourth-order valence-electron chi connectivity index (χ4n) is 1.44. The first-order valence-corrected chi connectivity index (χ1v) is 6.59. The molecule has 5 heteroatoms. The minimum atomic E-state index is -0.176. The van der Waals surface area contributed by atoms with Gasteiger partial charge in [0.2, 0.25) is 0 Å². The van der Waals surface area contributed by atoms with E-state index >= 15 is 0 Å². The molecule has 1 unspecified atom stereocenters. The Morgan fingerprint density at radius 3 is 2.88 bits per heavy atom. The minimum Gasteiger partial charge on any atom is -0.385 e. The lowest BCUT2D eigenvalue weighted by Crippen LogP contribution is -2.37. The molecule has 0 aliphatic rings. The number of hydrogen-bond donors (Lipinski definition) is 2. The van der Waals surface area contributed by atoms with Crippen molar-refractivity contribution in [1.29, 1.82) is 0 Å². The van der Waals surface area contributed by atoms with Crippen LogP contribution in [0.25, 0.3) is 0 Å². The van der Waals surface area contributed by atoms with Crippen LogP contribution in [0.4, 0.5) is 4.39 Å². The Bertz CT molecular complexity index is 325. The maximum Gasteiger partial charge on any atom is 0.136 e. The monoisotopic (exact) mass is 258 g/mol. The lowest BCUT2D eigenvalue weighted by atomic mass is 10.2. The molecule has 96 valence electrons. The van der Waals surface area contributed by atoms with E-state index in [9.17, 15) is 4.39 Å². The fraction of sp³-hybridized carbons (Fsp3) is 0.500. The topological polar surface area (TPSA) is 47.3 Å². The largest absolute Gasteiger partial charge is 0.385 e. The molecule has 0 aliphatic carbocycles. The van der Waals surface area contributed by atoms with Gasteiger partial charge in [0.15, 0.2) is 0 Å². The van der Waals surface area contributed by atoms with E-state index in [1.54, 1.807) is 19.2 Å². The van der Waals surface area contributed by atoms with Crippen molar-refractivity contribution in [2.45, 2.75) is 23.8 Å². The van der Waals surface area contributed by atoms with Crippen molar-refractivity contribution >= 4 is 11.8 Å². The van der Waals surface area contributed by atoms with Crippen LogP contribution in [0.3, 0.4) is 0 Å². The highest BCUT2D eigenvalue weighted by molar-refractivity contribution is 7.99. The summed E-state index contributed by atoms with van der Waals surface area (Å²) in [6.45, 7) is 0.725. The zero-order chi connectivity index (χ0) is 12.5. The van der Waals surface area contributed by atoms with E-state index in [1.807, 2.05) is 6.07 Å². The van der Waals surface area contributed by atoms with Crippen LogP contribution in [-0.2, 0) is 4.74 Å². The standard InChI is InChI=1S/C12H19FN2OS/c1-16-8-4-5-10(15-14)9-17-12-7-3-2-6-11(12)13/h2-3,6-7,10,15H,4-5,8-9,14H2,1H3. The van der Waals surface area contributed by atoms with Crippen LogP contribution in [-0.4, -0.2) is 25.5 Å². The Morgan fingerprint density at radius 2 is 2.24 bits per heavy atom. The number of halogens is 1. The molecule has 3 N–H and O–H groups in total. The molecule has 0 saturated heterocycles. The SMILES string of the molecule is COCCCC(CSc1ccccc1F)NN. The zero-order valence-electron chi connectivity index (χ0n) is 9.99. The second-order valence-corrected chi connectivity index (χ2v) is 4.80. The molecule has 3 nitrogen and oxygen atoms in total. The fourth-order valence-corrected chi connectivity index (χ4v) is 2.47. The predicted octanol–water partition coefficient (Wildman–Crippen LogP) is 2.18. The lowest BCUT2D eigenvalue weighted by molar-refractivity contribution is 0.189. The van der Waals surface area contributed by atoms with Gasteiger partial charge in [0.1, 0.15) is 5.82 Å². The quantitative estimate of drug-likeness (QED) is 0.325. The molecule has 0 saturated carbocycles. The van der Waals surface area contributed by atoms with Gasteiger partial charge in [-0.1, -0.05) is 12.1 Å².